The first kappa shape index (κ1) is 26.9. The maximum Gasteiger partial charge on any atom is 0.264 e. The summed E-state index contributed by atoms with van der Waals surface area (Å²) in [6.07, 6.45) is 0. The molecule has 3 rings (SSSR count). The Bertz CT molecular complexity index is 1320. The van der Waals surface area contributed by atoms with Crippen molar-refractivity contribution >= 4 is 21.6 Å². The SMILES string of the molecule is COc1ccc(C(C)NC(=O)CN(c2cc(C)ccc2OC)S(=O)(=O)c2ccc(C)cc2)cc1OC. The van der Waals surface area contributed by atoms with E-state index in [2.05, 4.69) is 5.32 Å². The lowest BCUT2D eigenvalue weighted by Gasteiger charge is -2.27. The molecule has 0 bridgehead atoms. The molecule has 0 saturated carbocycles. The van der Waals surface area contributed by atoms with Gasteiger partial charge >= 0.3 is 0 Å². The fourth-order valence-electron chi connectivity index (χ4n) is 3.76. The Morgan fingerprint density at radius 3 is 2.03 bits per heavy atom. The minimum Gasteiger partial charge on any atom is -0.495 e. The number of sulfonamides is 1. The maximum atomic E-state index is 13.7. The maximum absolute atomic E-state index is 13.7. The number of hydrogen-bond acceptors (Lipinski definition) is 6. The molecule has 3 aromatic rings. The summed E-state index contributed by atoms with van der Waals surface area (Å²) in [6, 6.07) is 16.6. The standard InChI is InChI=1S/C27H32N2O6S/c1-18-7-11-22(12-8-18)36(31,32)29(23-15-19(2)9-13-24(23)33-4)17-27(30)28-20(3)21-10-14-25(34-5)26(16-21)35-6/h7-16,20H,17H2,1-6H3,(H,28,30). The smallest absolute Gasteiger partial charge is 0.264 e. The molecule has 0 aliphatic heterocycles. The highest BCUT2D eigenvalue weighted by Crippen LogP contribution is 2.34. The number of nitrogens with zero attached hydrogens (tertiary/aromatic N) is 1. The Morgan fingerprint density at radius 1 is 0.833 bits per heavy atom. The monoisotopic (exact) mass is 512 g/mol. The van der Waals surface area contributed by atoms with Gasteiger partial charge in [0.05, 0.1) is 38.0 Å². The lowest BCUT2D eigenvalue weighted by Crippen LogP contribution is -2.41. The Hall–Kier alpha value is -3.72. The van der Waals surface area contributed by atoms with E-state index < -0.39 is 28.5 Å². The lowest BCUT2D eigenvalue weighted by atomic mass is 10.1. The van der Waals surface area contributed by atoms with Gasteiger partial charge in [0.25, 0.3) is 10.0 Å². The van der Waals surface area contributed by atoms with Crippen LogP contribution in [0, 0.1) is 13.8 Å². The summed E-state index contributed by atoms with van der Waals surface area (Å²) in [6.45, 7) is 5.10. The van der Waals surface area contributed by atoms with Crippen LogP contribution < -0.4 is 23.8 Å². The number of rotatable bonds is 10. The van der Waals surface area contributed by atoms with Gasteiger partial charge in [0.1, 0.15) is 12.3 Å². The number of benzene rings is 3. The highest BCUT2D eigenvalue weighted by molar-refractivity contribution is 7.92. The van der Waals surface area contributed by atoms with Crippen molar-refractivity contribution in [1.82, 2.24) is 5.32 Å². The Balaban J connectivity index is 1.95. The van der Waals surface area contributed by atoms with Crippen LogP contribution in [0.15, 0.2) is 65.6 Å². The van der Waals surface area contributed by atoms with Crippen molar-refractivity contribution in [3.63, 3.8) is 0 Å². The molecule has 1 N–H and O–H groups in total. The van der Waals surface area contributed by atoms with Crippen molar-refractivity contribution in [1.29, 1.82) is 0 Å². The van der Waals surface area contributed by atoms with E-state index in [1.807, 2.05) is 32.9 Å². The van der Waals surface area contributed by atoms with E-state index in [0.29, 0.717) is 17.2 Å². The molecule has 0 aliphatic carbocycles. The Labute approximate surface area is 212 Å². The van der Waals surface area contributed by atoms with Gasteiger partial charge in [-0.25, -0.2) is 8.42 Å². The third kappa shape index (κ3) is 5.91. The summed E-state index contributed by atoms with van der Waals surface area (Å²) < 4.78 is 44.6. The zero-order valence-corrected chi connectivity index (χ0v) is 22.2. The van der Waals surface area contributed by atoms with Crippen LogP contribution in [0.4, 0.5) is 5.69 Å². The first-order valence-corrected chi connectivity index (χ1v) is 12.8. The number of anilines is 1. The second-order valence-corrected chi connectivity index (χ2v) is 10.3. The predicted molar refractivity (Wildman–Crippen MR) is 140 cm³/mol. The Kier molecular flexibility index (Phi) is 8.47. The van der Waals surface area contributed by atoms with Gasteiger partial charge in [-0.2, -0.15) is 0 Å². The summed E-state index contributed by atoms with van der Waals surface area (Å²) in [5.41, 5.74) is 2.82. The van der Waals surface area contributed by atoms with Crippen LogP contribution in [0.3, 0.4) is 0 Å². The summed E-state index contributed by atoms with van der Waals surface area (Å²) in [5.74, 6) is 0.972. The van der Waals surface area contributed by atoms with E-state index in [1.165, 1.54) is 26.4 Å². The van der Waals surface area contributed by atoms with Crippen LogP contribution >= 0.6 is 0 Å². The largest absolute Gasteiger partial charge is 0.495 e. The number of carbonyl (C=O) groups is 1. The molecule has 1 atom stereocenters. The molecule has 0 spiro atoms. The van der Waals surface area contributed by atoms with Crippen molar-refractivity contribution in [2.45, 2.75) is 31.7 Å². The first-order valence-electron chi connectivity index (χ1n) is 11.4. The normalized spacial score (nSPS) is 11.9. The van der Waals surface area contributed by atoms with Crippen LogP contribution in [0.25, 0.3) is 0 Å². The topological polar surface area (TPSA) is 94.2 Å². The average molecular weight is 513 g/mol. The molecule has 1 unspecified atom stereocenters. The summed E-state index contributed by atoms with van der Waals surface area (Å²) in [7, 11) is 0.466. The molecule has 192 valence electrons. The van der Waals surface area contributed by atoms with Gasteiger partial charge in [0.15, 0.2) is 11.5 Å². The molecule has 9 heteroatoms. The number of carbonyl (C=O) groups excluding carboxylic acids is 1. The molecule has 0 saturated heterocycles. The quantitative estimate of drug-likeness (QED) is 0.433. The van der Waals surface area contributed by atoms with E-state index in [9.17, 15) is 13.2 Å². The molecule has 3 aromatic carbocycles. The molecular formula is C27H32N2O6S. The number of ether oxygens (including phenoxy) is 3. The Morgan fingerprint density at radius 2 is 1.42 bits per heavy atom. The van der Waals surface area contributed by atoms with Crippen molar-refractivity contribution < 1.29 is 27.4 Å². The van der Waals surface area contributed by atoms with Gasteiger partial charge in [0, 0.05) is 0 Å². The van der Waals surface area contributed by atoms with Crippen molar-refractivity contribution in [2.24, 2.45) is 0 Å². The summed E-state index contributed by atoms with van der Waals surface area (Å²) in [5, 5.41) is 2.89. The number of hydrogen-bond donors (Lipinski definition) is 1. The molecular weight excluding hydrogens is 480 g/mol. The fraction of sp³-hybridized carbons (Fsp3) is 0.296. The zero-order valence-electron chi connectivity index (χ0n) is 21.4. The van der Waals surface area contributed by atoms with Gasteiger partial charge in [-0.1, -0.05) is 29.8 Å². The minimum atomic E-state index is -4.08. The second-order valence-electron chi connectivity index (χ2n) is 8.40. The molecule has 36 heavy (non-hydrogen) atoms. The first-order chi connectivity index (χ1) is 17.1. The molecule has 0 fully saturated rings. The number of nitrogens with one attached hydrogen (secondary N) is 1. The molecule has 0 aliphatic rings. The molecule has 8 nitrogen and oxygen atoms in total. The molecule has 0 heterocycles. The van der Waals surface area contributed by atoms with E-state index in [1.54, 1.807) is 43.5 Å². The van der Waals surface area contributed by atoms with E-state index in [-0.39, 0.29) is 10.6 Å². The number of aryl methyl sites for hydroxylation is 2. The predicted octanol–water partition coefficient (Wildman–Crippen LogP) is 4.40. The van der Waals surface area contributed by atoms with Crippen molar-refractivity contribution in [3.8, 4) is 17.2 Å². The number of methoxy groups -OCH3 is 3. The fourth-order valence-corrected chi connectivity index (χ4v) is 5.18. The van der Waals surface area contributed by atoms with Gasteiger partial charge < -0.3 is 19.5 Å². The second kappa shape index (κ2) is 11.3. The third-order valence-corrected chi connectivity index (χ3v) is 7.56. The van der Waals surface area contributed by atoms with Crippen molar-refractivity contribution in [2.75, 3.05) is 32.2 Å². The van der Waals surface area contributed by atoms with Crippen LogP contribution in [-0.2, 0) is 14.8 Å². The number of amides is 1. The van der Waals surface area contributed by atoms with Gasteiger partial charge in [-0.05, 0) is 68.3 Å². The van der Waals surface area contributed by atoms with Crippen LogP contribution in [0.1, 0.15) is 29.7 Å². The van der Waals surface area contributed by atoms with E-state index >= 15 is 0 Å². The van der Waals surface area contributed by atoms with Gasteiger partial charge in [0.2, 0.25) is 5.91 Å². The summed E-state index contributed by atoms with van der Waals surface area (Å²) in [4.78, 5) is 13.3. The molecule has 0 aromatic heterocycles. The summed E-state index contributed by atoms with van der Waals surface area (Å²) >= 11 is 0. The average Bonchev–Trinajstić information content (AvgIpc) is 2.86. The van der Waals surface area contributed by atoms with Crippen LogP contribution in [0.2, 0.25) is 0 Å². The van der Waals surface area contributed by atoms with Gasteiger partial charge in [-0.3, -0.25) is 9.10 Å². The van der Waals surface area contributed by atoms with Gasteiger partial charge in [-0.15, -0.1) is 0 Å². The highest BCUT2D eigenvalue weighted by Gasteiger charge is 2.30. The third-order valence-electron chi connectivity index (χ3n) is 5.78. The van der Waals surface area contributed by atoms with Crippen molar-refractivity contribution in [3.05, 3.63) is 77.4 Å². The van der Waals surface area contributed by atoms with E-state index in [4.69, 9.17) is 14.2 Å². The lowest BCUT2D eigenvalue weighted by molar-refractivity contribution is -0.120. The highest BCUT2D eigenvalue weighted by atomic mass is 32.2. The minimum absolute atomic E-state index is 0.0809. The van der Waals surface area contributed by atoms with Crippen LogP contribution in [-0.4, -0.2) is 42.2 Å². The molecule has 0 radical (unpaired) electrons. The van der Waals surface area contributed by atoms with E-state index in [0.717, 1.165) is 21.0 Å². The molecule has 1 amide bonds. The zero-order chi connectivity index (χ0) is 26.5. The van der Waals surface area contributed by atoms with Crippen LogP contribution in [0.5, 0.6) is 17.2 Å².